The van der Waals surface area contributed by atoms with Crippen LogP contribution in [0.4, 0.5) is 0 Å². The summed E-state index contributed by atoms with van der Waals surface area (Å²) in [6.07, 6.45) is 22.2. The van der Waals surface area contributed by atoms with Crippen molar-refractivity contribution in [1.82, 2.24) is 0 Å². The molecule has 2 fully saturated rings. The van der Waals surface area contributed by atoms with Crippen LogP contribution in [0.5, 0.6) is 0 Å². The molecule has 0 spiro atoms. The highest BCUT2D eigenvalue weighted by Crippen LogP contribution is 2.66. The van der Waals surface area contributed by atoms with E-state index in [0.29, 0.717) is 10.8 Å². The maximum absolute atomic E-state index is 2.69. The first-order valence-electron chi connectivity index (χ1n) is 12.3. The smallest absolute Gasteiger partial charge is 0.000690 e. The lowest BCUT2D eigenvalue weighted by Gasteiger charge is -2.56. The SMILES string of the molecule is CC(C)[C@H](C)CC[C@@H](C)[C@H]1CC[C@H]2[C@@H]3C=CC4=CC=CC[C@]4(C)[C@H]3CC[C@]12C. The monoisotopic (exact) mass is 380 g/mol. The summed E-state index contributed by atoms with van der Waals surface area (Å²) in [6.45, 7) is 15.1. The molecule has 4 aliphatic carbocycles. The van der Waals surface area contributed by atoms with Crippen LogP contribution >= 0.6 is 0 Å². The number of rotatable bonds is 5. The Morgan fingerprint density at radius 2 is 1.79 bits per heavy atom. The first-order chi connectivity index (χ1) is 13.3. The summed E-state index contributed by atoms with van der Waals surface area (Å²) in [5, 5.41) is 0. The lowest BCUT2D eigenvalue weighted by Crippen LogP contribution is -2.48. The van der Waals surface area contributed by atoms with E-state index < -0.39 is 0 Å². The third-order valence-electron chi connectivity index (χ3n) is 10.2. The number of hydrogen-bond acceptors (Lipinski definition) is 0. The third-order valence-corrected chi connectivity index (χ3v) is 10.2. The van der Waals surface area contributed by atoms with Crippen molar-refractivity contribution in [3.8, 4) is 0 Å². The van der Waals surface area contributed by atoms with Gasteiger partial charge in [-0.15, -0.1) is 0 Å². The maximum atomic E-state index is 2.69. The predicted molar refractivity (Wildman–Crippen MR) is 122 cm³/mol. The molecule has 0 unspecified atom stereocenters. The van der Waals surface area contributed by atoms with Crippen LogP contribution in [-0.2, 0) is 0 Å². The van der Waals surface area contributed by atoms with E-state index in [4.69, 9.17) is 0 Å². The molecule has 0 bridgehead atoms. The second-order valence-electron chi connectivity index (χ2n) is 11.8. The van der Waals surface area contributed by atoms with E-state index in [0.717, 1.165) is 41.4 Å². The summed E-state index contributed by atoms with van der Waals surface area (Å²) in [7, 11) is 0. The van der Waals surface area contributed by atoms with Gasteiger partial charge in [-0.1, -0.05) is 84.8 Å². The molecule has 2 saturated carbocycles. The highest BCUT2D eigenvalue weighted by Gasteiger charge is 2.58. The molecule has 0 aromatic rings. The predicted octanol–water partition coefficient (Wildman–Crippen LogP) is 8.22. The van der Waals surface area contributed by atoms with Crippen molar-refractivity contribution in [3.63, 3.8) is 0 Å². The van der Waals surface area contributed by atoms with Gasteiger partial charge in [0.1, 0.15) is 0 Å². The van der Waals surface area contributed by atoms with Crippen LogP contribution in [0.2, 0.25) is 0 Å². The van der Waals surface area contributed by atoms with Crippen molar-refractivity contribution < 1.29 is 0 Å². The van der Waals surface area contributed by atoms with Crippen LogP contribution in [0.1, 0.15) is 86.5 Å². The van der Waals surface area contributed by atoms with E-state index in [2.05, 4.69) is 71.9 Å². The van der Waals surface area contributed by atoms with Crippen molar-refractivity contribution >= 4 is 0 Å². The van der Waals surface area contributed by atoms with E-state index >= 15 is 0 Å². The summed E-state index contributed by atoms with van der Waals surface area (Å²) in [5.74, 6) is 6.14. The molecule has 0 aliphatic heterocycles. The van der Waals surface area contributed by atoms with E-state index in [9.17, 15) is 0 Å². The van der Waals surface area contributed by atoms with Crippen LogP contribution in [0, 0.1) is 52.3 Å². The van der Waals surface area contributed by atoms with Crippen molar-refractivity contribution in [1.29, 1.82) is 0 Å². The van der Waals surface area contributed by atoms with Crippen LogP contribution in [0.3, 0.4) is 0 Å². The molecule has 28 heavy (non-hydrogen) atoms. The number of fused-ring (bicyclic) bond motifs is 5. The Balaban J connectivity index is 1.51. The second-order valence-corrected chi connectivity index (χ2v) is 11.8. The largest absolute Gasteiger partial charge is 0.0836 e. The molecule has 0 N–H and O–H groups in total. The minimum atomic E-state index is 0.395. The molecule has 8 atom stereocenters. The van der Waals surface area contributed by atoms with Gasteiger partial charge in [0.15, 0.2) is 0 Å². The van der Waals surface area contributed by atoms with E-state index in [-0.39, 0.29) is 0 Å². The van der Waals surface area contributed by atoms with Gasteiger partial charge in [-0.2, -0.15) is 0 Å². The highest BCUT2D eigenvalue weighted by atomic mass is 14.6. The Labute approximate surface area is 175 Å². The van der Waals surface area contributed by atoms with Crippen LogP contribution in [0.15, 0.2) is 36.0 Å². The van der Waals surface area contributed by atoms with E-state index in [1.807, 2.05) is 0 Å². The first kappa shape index (κ1) is 20.5. The number of hydrogen-bond donors (Lipinski definition) is 0. The van der Waals surface area contributed by atoms with Crippen LogP contribution < -0.4 is 0 Å². The lowest BCUT2D eigenvalue weighted by atomic mass is 9.48. The fourth-order valence-electron chi connectivity index (χ4n) is 7.86. The van der Waals surface area contributed by atoms with Gasteiger partial charge in [0.25, 0.3) is 0 Å². The van der Waals surface area contributed by atoms with Crippen LogP contribution in [0.25, 0.3) is 0 Å². The van der Waals surface area contributed by atoms with Gasteiger partial charge in [0, 0.05) is 0 Å². The normalized spacial score (nSPS) is 43.9. The third kappa shape index (κ3) is 3.18. The van der Waals surface area contributed by atoms with Crippen molar-refractivity contribution in [2.45, 2.75) is 86.5 Å². The van der Waals surface area contributed by atoms with Crippen molar-refractivity contribution in [3.05, 3.63) is 36.0 Å². The quantitative estimate of drug-likeness (QED) is 0.450. The van der Waals surface area contributed by atoms with Crippen molar-refractivity contribution in [2.75, 3.05) is 0 Å². The van der Waals surface area contributed by atoms with E-state index in [1.165, 1.54) is 44.9 Å². The molecule has 0 nitrogen and oxygen atoms in total. The molecule has 0 heteroatoms. The minimum Gasteiger partial charge on any atom is -0.0836 e. The Morgan fingerprint density at radius 1 is 1.00 bits per heavy atom. The molecular formula is C28H44. The molecule has 0 radical (unpaired) electrons. The molecule has 0 heterocycles. The van der Waals surface area contributed by atoms with Crippen molar-refractivity contribution in [2.24, 2.45) is 52.3 Å². The summed E-state index contributed by atoms with van der Waals surface area (Å²) in [5.41, 5.74) is 2.57. The molecule has 4 aliphatic rings. The number of allylic oxidation sites excluding steroid dienone is 6. The second kappa shape index (κ2) is 7.48. The maximum Gasteiger partial charge on any atom is -0.000690 e. The molecule has 0 saturated heterocycles. The standard InChI is InChI=1S/C28H44/c1-19(2)20(3)10-11-21(4)24-14-15-25-23-13-12-22-9-7-8-17-27(22,5)26(23)16-18-28(24,25)6/h7-9,12-13,19-21,23-26H,10-11,14-18H2,1-6H3/t20-,21-,23+,24-,25+,26+,27+,28-/m1/s1. The summed E-state index contributed by atoms with van der Waals surface area (Å²) in [4.78, 5) is 0. The molecule has 4 rings (SSSR count). The first-order valence-corrected chi connectivity index (χ1v) is 12.3. The van der Waals surface area contributed by atoms with Gasteiger partial charge < -0.3 is 0 Å². The molecule has 156 valence electrons. The van der Waals surface area contributed by atoms with E-state index in [1.54, 1.807) is 5.57 Å². The van der Waals surface area contributed by atoms with Gasteiger partial charge in [-0.3, -0.25) is 0 Å². The van der Waals surface area contributed by atoms with Gasteiger partial charge in [0.05, 0.1) is 0 Å². The Bertz CT molecular complexity index is 664. The average Bonchev–Trinajstić information content (AvgIpc) is 3.02. The molecular weight excluding hydrogens is 336 g/mol. The van der Waals surface area contributed by atoms with Gasteiger partial charge in [0.2, 0.25) is 0 Å². The average molecular weight is 381 g/mol. The zero-order valence-electron chi connectivity index (χ0n) is 19.4. The Kier molecular flexibility index (Phi) is 5.47. The summed E-state index contributed by atoms with van der Waals surface area (Å²) >= 11 is 0. The van der Waals surface area contributed by atoms with Gasteiger partial charge in [-0.05, 0) is 89.9 Å². The van der Waals surface area contributed by atoms with Gasteiger partial charge >= 0.3 is 0 Å². The minimum absolute atomic E-state index is 0.395. The summed E-state index contributed by atoms with van der Waals surface area (Å²) in [6, 6.07) is 0. The topological polar surface area (TPSA) is 0 Å². The lowest BCUT2D eigenvalue weighted by molar-refractivity contribution is -0.0226. The Morgan fingerprint density at radius 3 is 2.54 bits per heavy atom. The summed E-state index contributed by atoms with van der Waals surface area (Å²) < 4.78 is 0. The van der Waals surface area contributed by atoms with Gasteiger partial charge in [-0.25, -0.2) is 0 Å². The van der Waals surface area contributed by atoms with Crippen LogP contribution in [-0.4, -0.2) is 0 Å². The molecule has 0 aromatic carbocycles. The fourth-order valence-corrected chi connectivity index (χ4v) is 7.86. The fraction of sp³-hybridized carbons (Fsp3) is 0.786. The zero-order valence-corrected chi connectivity index (χ0v) is 19.4. The zero-order chi connectivity index (χ0) is 20.1. The highest BCUT2D eigenvalue weighted by molar-refractivity contribution is 5.39. The Hall–Kier alpha value is -0.780. The molecule has 0 amide bonds. The molecule has 0 aromatic heterocycles.